The van der Waals surface area contributed by atoms with Gasteiger partial charge in [-0.2, -0.15) is 4.99 Å². The van der Waals surface area contributed by atoms with Crippen LogP contribution in [0.4, 0.5) is 0 Å². The zero-order chi connectivity index (χ0) is 10.8. The summed E-state index contributed by atoms with van der Waals surface area (Å²) in [4.78, 5) is 19.5. The molecule has 0 bridgehead atoms. The first-order valence-corrected chi connectivity index (χ1v) is 6.27. The Morgan fingerprint density at radius 2 is 2.47 bits per heavy atom. The summed E-state index contributed by atoms with van der Waals surface area (Å²) < 4.78 is 0. The quantitative estimate of drug-likeness (QED) is 0.688. The Kier molecular flexibility index (Phi) is 3.31. The van der Waals surface area contributed by atoms with Crippen LogP contribution in [0.5, 0.6) is 0 Å². The van der Waals surface area contributed by atoms with Crippen molar-refractivity contribution in [1.29, 1.82) is 0 Å². The van der Waals surface area contributed by atoms with Crippen LogP contribution in [0, 0.1) is 5.92 Å². The number of carbonyl (C=O) groups is 1. The van der Waals surface area contributed by atoms with Gasteiger partial charge in [0.15, 0.2) is 5.17 Å². The van der Waals surface area contributed by atoms with Crippen molar-refractivity contribution >= 4 is 22.8 Å². The van der Waals surface area contributed by atoms with Crippen LogP contribution in [0.25, 0.3) is 0 Å². The van der Waals surface area contributed by atoms with Gasteiger partial charge in [-0.05, 0) is 25.9 Å². The van der Waals surface area contributed by atoms with Gasteiger partial charge in [-0.25, -0.2) is 0 Å². The highest BCUT2D eigenvalue weighted by Crippen LogP contribution is 2.20. The average molecular weight is 227 g/mol. The molecule has 1 atom stereocenters. The number of hydrogen-bond donors (Lipinski definition) is 0. The largest absolute Gasteiger partial charge is 0.354 e. The average Bonchev–Trinajstić information content (AvgIpc) is 2.75. The topological polar surface area (TPSA) is 35.9 Å². The minimum absolute atomic E-state index is 0.00499. The molecule has 0 spiro atoms. The first-order chi connectivity index (χ1) is 7.15. The van der Waals surface area contributed by atoms with E-state index >= 15 is 0 Å². The molecule has 0 aliphatic carbocycles. The van der Waals surface area contributed by atoms with Gasteiger partial charge in [-0.15, -0.1) is 0 Å². The maximum Gasteiger partial charge on any atom is 0.258 e. The molecule has 1 amide bonds. The van der Waals surface area contributed by atoms with E-state index in [0.717, 1.165) is 24.2 Å². The molecule has 2 heterocycles. The third kappa shape index (κ3) is 2.72. The number of aliphatic imine (C=N–C) groups is 1. The summed E-state index contributed by atoms with van der Waals surface area (Å²) >= 11 is 1.56. The molecule has 0 N–H and O–H groups in total. The Balaban J connectivity index is 1.84. The minimum Gasteiger partial charge on any atom is -0.354 e. The lowest BCUT2D eigenvalue weighted by atomic mass is 10.1. The van der Waals surface area contributed by atoms with Crippen molar-refractivity contribution < 1.29 is 4.79 Å². The zero-order valence-corrected chi connectivity index (χ0v) is 10.1. The van der Waals surface area contributed by atoms with Gasteiger partial charge in [0.1, 0.15) is 0 Å². The standard InChI is InChI=1S/C10H17N3OS/c1-12-4-3-8(5-12)6-13(2)10-11-9(14)7-15-10/h8H,3-7H2,1-2H3. The molecule has 0 saturated carbocycles. The van der Waals surface area contributed by atoms with E-state index in [1.165, 1.54) is 13.0 Å². The van der Waals surface area contributed by atoms with Gasteiger partial charge in [-0.3, -0.25) is 4.79 Å². The Labute approximate surface area is 94.7 Å². The summed E-state index contributed by atoms with van der Waals surface area (Å²) in [6, 6.07) is 0. The maximum absolute atomic E-state index is 11.0. The van der Waals surface area contributed by atoms with Gasteiger partial charge in [0.25, 0.3) is 5.91 Å². The van der Waals surface area contributed by atoms with E-state index in [9.17, 15) is 4.79 Å². The minimum atomic E-state index is 0.00499. The van der Waals surface area contributed by atoms with Crippen LogP contribution in [0.15, 0.2) is 4.99 Å². The van der Waals surface area contributed by atoms with E-state index in [2.05, 4.69) is 21.8 Å². The lowest BCUT2D eigenvalue weighted by Gasteiger charge is -2.21. The second-order valence-corrected chi connectivity index (χ2v) is 5.32. The van der Waals surface area contributed by atoms with Crippen LogP contribution < -0.4 is 0 Å². The lowest BCUT2D eigenvalue weighted by Crippen LogP contribution is -2.30. The number of carbonyl (C=O) groups excluding carboxylic acids is 1. The van der Waals surface area contributed by atoms with Gasteiger partial charge in [0.2, 0.25) is 0 Å². The summed E-state index contributed by atoms with van der Waals surface area (Å²) in [7, 11) is 4.19. The van der Waals surface area contributed by atoms with Crippen LogP contribution >= 0.6 is 11.8 Å². The molecule has 2 aliphatic heterocycles. The van der Waals surface area contributed by atoms with Gasteiger partial charge >= 0.3 is 0 Å². The predicted octanol–water partition coefficient (Wildman–Crippen LogP) is 0.499. The Morgan fingerprint density at radius 1 is 1.67 bits per heavy atom. The number of likely N-dealkylation sites (tertiary alicyclic amines) is 1. The molecule has 1 fully saturated rings. The van der Waals surface area contributed by atoms with E-state index in [-0.39, 0.29) is 5.91 Å². The maximum atomic E-state index is 11.0. The summed E-state index contributed by atoms with van der Waals surface area (Å²) in [5.74, 6) is 1.24. The second-order valence-electron chi connectivity index (χ2n) is 4.37. The fourth-order valence-corrected chi connectivity index (χ4v) is 2.91. The van der Waals surface area contributed by atoms with Gasteiger partial charge < -0.3 is 9.80 Å². The van der Waals surface area contributed by atoms with Gasteiger partial charge in [-0.1, -0.05) is 11.8 Å². The van der Waals surface area contributed by atoms with E-state index in [1.807, 2.05) is 7.05 Å². The highest BCUT2D eigenvalue weighted by atomic mass is 32.2. The Morgan fingerprint density at radius 3 is 3.00 bits per heavy atom. The number of amides is 1. The lowest BCUT2D eigenvalue weighted by molar-refractivity contribution is -0.115. The van der Waals surface area contributed by atoms with Crippen LogP contribution in [-0.2, 0) is 4.79 Å². The van der Waals surface area contributed by atoms with Crippen molar-refractivity contribution in [2.75, 3.05) is 39.5 Å². The molecule has 2 rings (SSSR count). The molecule has 1 saturated heterocycles. The zero-order valence-electron chi connectivity index (χ0n) is 9.27. The molecule has 0 aromatic heterocycles. The number of hydrogen-bond acceptors (Lipinski definition) is 4. The van der Waals surface area contributed by atoms with Gasteiger partial charge in [0.05, 0.1) is 5.75 Å². The van der Waals surface area contributed by atoms with Crippen LogP contribution in [0.3, 0.4) is 0 Å². The van der Waals surface area contributed by atoms with E-state index < -0.39 is 0 Å². The smallest absolute Gasteiger partial charge is 0.258 e. The van der Waals surface area contributed by atoms with Crippen LogP contribution in [-0.4, -0.2) is 60.4 Å². The van der Waals surface area contributed by atoms with Crippen molar-refractivity contribution in [1.82, 2.24) is 9.80 Å². The molecule has 0 radical (unpaired) electrons. The third-order valence-electron chi connectivity index (χ3n) is 2.89. The molecule has 4 nitrogen and oxygen atoms in total. The summed E-state index contributed by atoms with van der Waals surface area (Å²) in [6.45, 7) is 3.37. The van der Waals surface area contributed by atoms with E-state index in [0.29, 0.717) is 5.75 Å². The molecule has 2 aliphatic rings. The fraction of sp³-hybridized carbons (Fsp3) is 0.800. The Bertz CT molecular complexity index is 292. The van der Waals surface area contributed by atoms with Gasteiger partial charge in [0, 0.05) is 20.1 Å². The number of nitrogens with zero attached hydrogens (tertiary/aromatic N) is 3. The molecule has 0 aromatic rings. The fourth-order valence-electron chi connectivity index (χ4n) is 2.13. The normalized spacial score (nSPS) is 27.2. The molecule has 1 unspecified atom stereocenters. The van der Waals surface area contributed by atoms with Crippen LogP contribution in [0.2, 0.25) is 0 Å². The molecule has 0 aromatic carbocycles. The monoisotopic (exact) mass is 227 g/mol. The number of amidine groups is 1. The van der Waals surface area contributed by atoms with Crippen molar-refractivity contribution in [2.24, 2.45) is 10.9 Å². The third-order valence-corrected chi connectivity index (χ3v) is 3.95. The highest BCUT2D eigenvalue weighted by molar-refractivity contribution is 8.14. The molecule has 15 heavy (non-hydrogen) atoms. The molecule has 5 heteroatoms. The molecular weight excluding hydrogens is 210 g/mol. The summed E-state index contributed by atoms with van der Waals surface area (Å²) in [6.07, 6.45) is 1.26. The number of rotatable bonds is 2. The van der Waals surface area contributed by atoms with E-state index in [1.54, 1.807) is 11.8 Å². The summed E-state index contributed by atoms with van der Waals surface area (Å²) in [5.41, 5.74) is 0. The van der Waals surface area contributed by atoms with E-state index in [4.69, 9.17) is 0 Å². The molecule has 84 valence electrons. The SMILES string of the molecule is CN1CCC(CN(C)C2=NC(=O)CS2)C1. The molecular formula is C10H17N3OS. The Hall–Kier alpha value is -0.550. The van der Waals surface area contributed by atoms with Crippen molar-refractivity contribution in [3.8, 4) is 0 Å². The number of thioether (sulfide) groups is 1. The van der Waals surface area contributed by atoms with Crippen molar-refractivity contribution in [3.05, 3.63) is 0 Å². The van der Waals surface area contributed by atoms with Crippen LogP contribution in [0.1, 0.15) is 6.42 Å². The van der Waals surface area contributed by atoms with Crippen molar-refractivity contribution in [2.45, 2.75) is 6.42 Å². The first kappa shape index (κ1) is 11.0. The predicted molar refractivity (Wildman–Crippen MR) is 63.1 cm³/mol. The van der Waals surface area contributed by atoms with Crippen molar-refractivity contribution in [3.63, 3.8) is 0 Å². The highest BCUT2D eigenvalue weighted by Gasteiger charge is 2.24. The first-order valence-electron chi connectivity index (χ1n) is 5.29. The second kappa shape index (κ2) is 4.53. The summed E-state index contributed by atoms with van der Waals surface area (Å²) in [5, 5.41) is 0.898.